The average molecular weight is 392 g/mol. The number of likely N-dealkylation sites (tertiary alicyclic amines) is 1. The Morgan fingerprint density at radius 1 is 0.966 bits per heavy atom. The lowest BCUT2D eigenvalue weighted by atomic mass is 9.51. The smallest absolute Gasteiger partial charge is 0.284 e. The van der Waals surface area contributed by atoms with E-state index in [0.29, 0.717) is 24.0 Å². The minimum Gasteiger partial charge on any atom is -0.396 e. The molecule has 0 radical (unpaired) electrons. The van der Waals surface area contributed by atoms with Crippen LogP contribution in [0.3, 0.4) is 0 Å². The number of amides is 2. The molecule has 0 aromatic heterocycles. The van der Waals surface area contributed by atoms with Gasteiger partial charge < -0.3 is 5.11 Å². The Morgan fingerprint density at radius 2 is 1.55 bits per heavy atom. The van der Waals surface area contributed by atoms with E-state index >= 15 is 0 Å². The maximum absolute atomic E-state index is 13.4. The number of carbonyl (C=O) groups excluding carboxylic acids is 2. The first-order chi connectivity index (χ1) is 14.0. The van der Waals surface area contributed by atoms with E-state index in [0.717, 1.165) is 11.1 Å². The molecule has 3 aliphatic carbocycles. The van der Waals surface area contributed by atoms with Gasteiger partial charge in [-0.05, 0) is 24.0 Å². The summed E-state index contributed by atoms with van der Waals surface area (Å²) in [6.45, 7) is 0.153. The molecule has 1 heterocycles. The number of imide groups is 1. The van der Waals surface area contributed by atoms with E-state index in [1.54, 1.807) is 24.3 Å². The summed E-state index contributed by atoms with van der Waals surface area (Å²) < 4.78 is 0. The van der Waals surface area contributed by atoms with Crippen LogP contribution in [0.15, 0.2) is 48.5 Å². The molecule has 2 amide bonds. The van der Waals surface area contributed by atoms with Gasteiger partial charge in [0.25, 0.3) is 5.54 Å². The standard InChI is InChI=1S/C22H20N2O5/c25-12-6-5-11-23-20(26)18-17-13-7-1-3-9-15(13)22(24(28)29,19(18)21(23)27)16-10-4-2-8-14(16)17/h1-4,7-10,17-19,25H,5-6,11-12H2/t17?,18-,19+,22?/m0/s1. The number of hydrogen-bond donors (Lipinski definition) is 1. The Hall–Kier alpha value is -3.06. The second-order valence-electron chi connectivity index (χ2n) is 7.94. The van der Waals surface area contributed by atoms with Crippen LogP contribution in [-0.2, 0) is 15.1 Å². The molecule has 1 saturated heterocycles. The Bertz CT molecular complexity index is 1000. The third kappa shape index (κ3) is 2.05. The molecule has 1 aliphatic heterocycles. The predicted molar refractivity (Wildman–Crippen MR) is 103 cm³/mol. The fraction of sp³-hybridized carbons (Fsp3) is 0.364. The molecule has 1 N–H and O–H groups in total. The van der Waals surface area contributed by atoms with Crippen LogP contribution in [0, 0.1) is 22.0 Å². The van der Waals surface area contributed by atoms with Gasteiger partial charge in [-0.15, -0.1) is 0 Å². The molecular weight excluding hydrogens is 372 g/mol. The van der Waals surface area contributed by atoms with Crippen LogP contribution in [0.2, 0.25) is 0 Å². The second kappa shape index (κ2) is 6.22. The Labute approximate surface area is 167 Å². The highest BCUT2D eigenvalue weighted by atomic mass is 16.6. The maximum Gasteiger partial charge on any atom is 0.284 e. The molecule has 2 aromatic carbocycles. The van der Waals surface area contributed by atoms with Crippen LogP contribution >= 0.6 is 0 Å². The van der Waals surface area contributed by atoms with Crippen LogP contribution in [0.4, 0.5) is 0 Å². The fourth-order valence-electron chi connectivity index (χ4n) is 5.70. The van der Waals surface area contributed by atoms with E-state index < -0.39 is 23.3 Å². The van der Waals surface area contributed by atoms with Gasteiger partial charge in [-0.25, -0.2) is 0 Å². The number of rotatable bonds is 5. The Balaban J connectivity index is 1.76. The molecule has 2 aromatic rings. The molecule has 1 fully saturated rings. The molecule has 2 bridgehead atoms. The third-order valence-corrected chi connectivity index (χ3v) is 6.74. The number of unbranched alkanes of at least 4 members (excludes halogenated alkanes) is 1. The van der Waals surface area contributed by atoms with Gasteiger partial charge >= 0.3 is 0 Å². The molecule has 7 heteroatoms. The number of aliphatic hydroxyl groups is 1. The topological polar surface area (TPSA) is 101 Å². The van der Waals surface area contributed by atoms with Gasteiger partial charge in [0.2, 0.25) is 11.8 Å². The van der Waals surface area contributed by atoms with Crippen LogP contribution in [0.25, 0.3) is 0 Å². The van der Waals surface area contributed by atoms with Gasteiger partial charge in [-0.2, -0.15) is 0 Å². The van der Waals surface area contributed by atoms with E-state index in [-0.39, 0.29) is 29.9 Å². The molecule has 29 heavy (non-hydrogen) atoms. The van der Waals surface area contributed by atoms with Gasteiger partial charge in [-0.3, -0.25) is 24.6 Å². The Kier molecular flexibility index (Phi) is 3.86. The van der Waals surface area contributed by atoms with Crippen molar-refractivity contribution >= 4 is 11.8 Å². The zero-order chi connectivity index (χ0) is 20.3. The summed E-state index contributed by atoms with van der Waals surface area (Å²) in [4.78, 5) is 40.3. The first kappa shape index (κ1) is 18.0. The van der Waals surface area contributed by atoms with Crippen molar-refractivity contribution in [3.05, 3.63) is 80.9 Å². The van der Waals surface area contributed by atoms with Crippen LogP contribution in [-0.4, -0.2) is 39.9 Å². The molecule has 0 unspecified atom stereocenters. The fourth-order valence-corrected chi connectivity index (χ4v) is 5.70. The van der Waals surface area contributed by atoms with Crippen molar-refractivity contribution in [2.75, 3.05) is 13.2 Å². The lowest BCUT2D eigenvalue weighted by molar-refractivity contribution is -0.578. The molecule has 6 rings (SSSR count). The highest BCUT2D eigenvalue weighted by molar-refractivity contribution is 6.08. The van der Waals surface area contributed by atoms with E-state index in [1.165, 1.54) is 4.90 Å². The first-order valence-corrected chi connectivity index (χ1v) is 9.84. The number of benzene rings is 2. The lowest BCUT2D eigenvalue weighted by Crippen LogP contribution is -2.57. The summed E-state index contributed by atoms with van der Waals surface area (Å²) in [5.74, 6) is -2.99. The van der Waals surface area contributed by atoms with E-state index in [9.17, 15) is 19.7 Å². The zero-order valence-corrected chi connectivity index (χ0v) is 15.7. The second-order valence-corrected chi connectivity index (χ2v) is 7.94. The molecule has 7 nitrogen and oxygen atoms in total. The molecule has 0 saturated carbocycles. The lowest BCUT2D eigenvalue weighted by Gasteiger charge is -2.48. The molecule has 0 spiro atoms. The summed E-state index contributed by atoms with van der Waals surface area (Å²) in [5.41, 5.74) is 0.817. The SMILES string of the molecule is O=C1[C@H]2C3c4ccccc4C([N+](=O)[O-])(c4ccccc43)[C@H]2C(=O)N1CCCCO. The van der Waals surface area contributed by atoms with Crippen molar-refractivity contribution < 1.29 is 19.6 Å². The van der Waals surface area contributed by atoms with Gasteiger partial charge in [0.1, 0.15) is 5.92 Å². The summed E-state index contributed by atoms with van der Waals surface area (Å²) in [5, 5.41) is 21.8. The van der Waals surface area contributed by atoms with Crippen molar-refractivity contribution in [2.45, 2.75) is 24.3 Å². The number of aliphatic hydroxyl groups excluding tert-OH is 1. The summed E-state index contributed by atoms with van der Waals surface area (Å²) in [6, 6.07) is 14.3. The van der Waals surface area contributed by atoms with Crippen molar-refractivity contribution in [1.82, 2.24) is 4.90 Å². The quantitative estimate of drug-likeness (QED) is 0.363. The molecule has 2 atom stereocenters. The number of hydrogen-bond acceptors (Lipinski definition) is 5. The monoisotopic (exact) mass is 392 g/mol. The summed E-state index contributed by atoms with van der Waals surface area (Å²) >= 11 is 0. The Morgan fingerprint density at radius 3 is 2.10 bits per heavy atom. The summed E-state index contributed by atoms with van der Waals surface area (Å²) in [7, 11) is 0. The van der Waals surface area contributed by atoms with Crippen molar-refractivity contribution in [3.63, 3.8) is 0 Å². The number of carbonyl (C=O) groups is 2. The van der Waals surface area contributed by atoms with Crippen molar-refractivity contribution in [1.29, 1.82) is 0 Å². The van der Waals surface area contributed by atoms with Crippen LogP contribution < -0.4 is 0 Å². The largest absolute Gasteiger partial charge is 0.396 e. The van der Waals surface area contributed by atoms with Crippen molar-refractivity contribution in [2.24, 2.45) is 11.8 Å². The van der Waals surface area contributed by atoms with E-state index in [4.69, 9.17) is 5.11 Å². The predicted octanol–water partition coefficient (Wildman–Crippen LogP) is 2.04. The minimum absolute atomic E-state index is 0.0264. The average Bonchev–Trinajstić information content (AvgIpc) is 2.99. The van der Waals surface area contributed by atoms with Crippen LogP contribution in [0.1, 0.15) is 41.0 Å². The van der Waals surface area contributed by atoms with Gasteiger partial charge in [0, 0.05) is 35.1 Å². The van der Waals surface area contributed by atoms with Crippen molar-refractivity contribution in [3.8, 4) is 0 Å². The third-order valence-electron chi connectivity index (χ3n) is 6.74. The maximum atomic E-state index is 13.4. The molecule has 4 aliphatic rings. The number of nitrogens with zero attached hydrogens (tertiary/aromatic N) is 2. The zero-order valence-electron chi connectivity index (χ0n) is 15.7. The minimum atomic E-state index is -1.76. The summed E-state index contributed by atoms with van der Waals surface area (Å²) in [6.07, 6.45) is 0.945. The highest BCUT2D eigenvalue weighted by Gasteiger charge is 2.74. The molecule has 148 valence electrons. The normalized spacial score (nSPS) is 28.9. The first-order valence-electron chi connectivity index (χ1n) is 9.84. The van der Waals surface area contributed by atoms with Gasteiger partial charge in [0.05, 0.1) is 5.92 Å². The highest BCUT2D eigenvalue weighted by Crippen LogP contribution is 2.64. The van der Waals surface area contributed by atoms with Gasteiger partial charge in [-0.1, -0.05) is 48.5 Å². The van der Waals surface area contributed by atoms with E-state index in [1.807, 2.05) is 24.3 Å². The van der Waals surface area contributed by atoms with E-state index in [2.05, 4.69) is 0 Å². The molecular formula is C22H20N2O5. The van der Waals surface area contributed by atoms with Gasteiger partial charge in [0.15, 0.2) is 0 Å². The van der Waals surface area contributed by atoms with Crippen LogP contribution in [0.5, 0.6) is 0 Å². The number of nitro groups is 1.